The van der Waals surface area contributed by atoms with Crippen molar-refractivity contribution >= 4 is 17.8 Å². The molecule has 2 fully saturated rings. The Kier molecular flexibility index (Phi) is 7.85. The van der Waals surface area contributed by atoms with Crippen LogP contribution in [-0.2, 0) is 15.9 Å². The molecular formula is C34H39FN4O4. The lowest BCUT2D eigenvalue weighted by molar-refractivity contribution is 0.0222. The first-order valence-electron chi connectivity index (χ1n) is 15.2. The number of nitrogen functional groups attached to an aromatic ring is 1. The number of benzene rings is 2. The topological polar surface area (TPSA) is 107 Å². The van der Waals surface area contributed by atoms with Crippen molar-refractivity contribution in [2.24, 2.45) is 0 Å². The lowest BCUT2D eigenvalue weighted by Crippen LogP contribution is -2.36. The van der Waals surface area contributed by atoms with Crippen LogP contribution in [0.3, 0.4) is 0 Å². The van der Waals surface area contributed by atoms with E-state index in [1.54, 1.807) is 12.1 Å². The standard InChI is InChI=1S/C34H39FN4O4/c1-34(2,3)43-33(41)39-14-4-5-29(39)28-18-22(6-8-24(28)20-11-15-42-16-12-20)26-19-27(31(36)38-30(26)35)21-7-9-25-23(17-21)10-13-37-32(25)40/h6-9,17-20,29H,4-5,10-16H2,1-3H3,(H2,36,38)(H,37,40)/t29-/m0/s1. The summed E-state index contributed by atoms with van der Waals surface area (Å²) in [6.45, 7) is 8.17. The number of anilines is 1. The normalized spacial score (nSPS) is 19.2. The van der Waals surface area contributed by atoms with Gasteiger partial charge in [-0.05, 0) is 105 Å². The number of nitrogens with zero attached hydrogens (tertiary/aromatic N) is 2. The van der Waals surface area contributed by atoms with Crippen molar-refractivity contribution in [1.82, 2.24) is 15.2 Å². The van der Waals surface area contributed by atoms with Gasteiger partial charge in [-0.15, -0.1) is 0 Å². The molecule has 4 heterocycles. The summed E-state index contributed by atoms with van der Waals surface area (Å²) in [6.07, 6.45) is 3.83. The molecule has 1 aromatic heterocycles. The van der Waals surface area contributed by atoms with Crippen LogP contribution >= 0.6 is 0 Å². The van der Waals surface area contributed by atoms with Crippen molar-refractivity contribution in [2.45, 2.75) is 70.4 Å². The van der Waals surface area contributed by atoms with Crippen LogP contribution in [0.15, 0.2) is 42.5 Å². The van der Waals surface area contributed by atoms with Crippen molar-refractivity contribution in [2.75, 3.05) is 32.0 Å². The number of pyridine rings is 1. The van der Waals surface area contributed by atoms with Crippen LogP contribution in [0.1, 0.15) is 85.5 Å². The zero-order valence-electron chi connectivity index (χ0n) is 25.0. The van der Waals surface area contributed by atoms with Gasteiger partial charge in [-0.1, -0.05) is 24.3 Å². The molecule has 2 amide bonds. The number of nitrogens with one attached hydrogen (secondary N) is 1. The van der Waals surface area contributed by atoms with E-state index in [-0.39, 0.29) is 29.8 Å². The van der Waals surface area contributed by atoms with Gasteiger partial charge in [-0.3, -0.25) is 4.79 Å². The maximum atomic E-state index is 15.6. The van der Waals surface area contributed by atoms with Crippen LogP contribution in [0.25, 0.3) is 22.3 Å². The molecule has 9 heteroatoms. The highest BCUT2D eigenvalue weighted by atomic mass is 19.1. The molecular weight excluding hydrogens is 547 g/mol. The summed E-state index contributed by atoms with van der Waals surface area (Å²) < 4.78 is 27.0. The summed E-state index contributed by atoms with van der Waals surface area (Å²) in [6, 6.07) is 13.2. The van der Waals surface area contributed by atoms with Crippen LogP contribution in [0.2, 0.25) is 0 Å². The van der Waals surface area contributed by atoms with Gasteiger partial charge in [0, 0.05) is 43.0 Å². The van der Waals surface area contributed by atoms with E-state index in [4.69, 9.17) is 15.2 Å². The van der Waals surface area contributed by atoms with Gasteiger partial charge in [-0.2, -0.15) is 4.39 Å². The minimum Gasteiger partial charge on any atom is -0.444 e. The van der Waals surface area contributed by atoms with Crippen molar-refractivity contribution < 1.29 is 23.5 Å². The minimum absolute atomic E-state index is 0.0902. The molecule has 0 aliphatic carbocycles. The number of aromatic nitrogens is 1. The Morgan fingerprint density at radius 1 is 1.02 bits per heavy atom. The third-order valence-electron chi connectivity index (χ3n) is 8.64. The SMILES string of the molecule is CC(C)(C)OC(=O)N1CCC[C@H]1c1cc(-c2cc(-c3ccc4c(c3)CCNC4=O)c(N)nc2F)ccc1C1CCOCC1. The number of halogens is 1. The van der Waals surface area contributed by atoms with Gasteiger partial charge in [0.05, 0.1) is 6.04 Å². The third kappa shape index (κ3) is 5.95. The molecule has 0 unspecified atom stereocenters. The van der Waals surface area contributed by atoms with Crippen LogP contribution in [0, 0.1) is 5.95 Å². The van der Waals surface area contributed by atoms with Crippen LogP contribution in [-0.4, -0.2) is 53.8 Å². The monoisotopic (exact) mass is 586 g/mol. The molecule has 3 N–H and O–H groups in total. The Bertz CT molecular complexity index is 1560. The Morgan fingerprint density at radius 3 is 2.53 bits per heavy atom. The highest BCUT2D eigenvalue weighted by Crippen LogP contribution is 2.42. The van der Waals surface area contributed by atoms with Crippen molar-refractivity contribution in [3.8, 4) is 22.3 Å². The number of hydrogen-bond acceptors (Lipinski definition) is 6. The van der Waals surface area contributed by atoms with E-state index in [1.807, 2.05) is 49.9 Å². The molecule has 8 nitrogen and oxygen atoms in total. The molecule has 2 aromatic carbocycles. The zero-order chi connectivity index (χ0) is 30.3. The number of hydrogen-bond donors (Lipinski definition) is 2. The van der Waals surface area contributed by atoms with E-state index in [9.17, 15) is 9.59 Å². The summed E-state index contributed by atoms with van der Waals surface area (Å²) in [5.74, 6) is -0.370. The second kappa shape index (κ2) is 11.6. The van der Waals surface area contributed by atoms with Gasteiger partial charge in [0.1, 0.15) is 11.4 Å². The Morgan fingerprint density at radius 2 is 1.77 bits per heavy atom. The smallest absolute Gasteiger partial charge is 0.410 e. The first-order chi connectivity index (χ1) is 20.6. The number of fused-ring (bicyclic) bond motifs is 1. The van der Waals surface area contributed by atoms with E-state index in [0.29, 0.717) is 55.0 Å². The fourth-order valence-electron chi connectivity index (χ4n) is 6.57. The molecule has 0 saturated carbocycles. The largest absolute Gasteiger partial charge is 0.444 e. The van der Waals surface area contributed by atoms with Gasteiger partial charge < -0.3 is 25.4 Å². The summed E-state index contributed by atoms with van der Waals surface area (Å²) in [4.78, 5) is 31.5. The van der Waals surface area contributed by atoms with Gasteiger partial charge in [0.25, 0.3) is 5.91 Å². The second-order valence-electron chi connectivity index (χ2n) is 12.7. The predicted molar refractivity (Wildman–Crippen MR) is 163 cm³/mol. The number of likely N-dealkylation sites (tertiary alicyclic amines) is 1. The maximum absolute atomic E-state index is 15.6. The lowest BCUT2D eigenvalue weighted by atomic mass is 9.83. The molecule has 6 rings (SSSR count). The number of rotatable bonds is 4. The molecule has 3 aromatic rings. The molecule has 2 saturated heterocycles. The molecule has 226 valence electrons. The molecule has 0 spiro atoms. The second-order valence-corrected chi connectivity index (χ2v) is 12.7. The van der Waals surface area contributed by atoms with Crippen molar-refractivity contribution in [1.29, 1.82) is 0 Å². The number of carbonyl (C=O) groups is 2. The minimum atomic E-state index is -0.654. The van der Waals surface area contributed by atoms with E-state index in [2.05, 4.69) is 16.4 Å². The summed E-state index contributed by atoms with van der Waals surface area (Å²) >= 11 is 0. The molecule has 0 bridgehead atoms. The number of nitrogens with two attached hydrogens (primary N) is 1. The Hall–Kier alpha value is -3.98. The van der Waals surface area contributed by atoms with Crippen molar-refractivity contribution in [3.05, 3.63) is 70.7 Å². The predicted octanol–water partition coefficient (Wildman–Crippen LogP) is 6.39. The third-order valence-corrected chi connectivity index (χ3v) is 8.64. The van der Waals surface area contributed by atoms with Crippen LogP contribution < -0.4 is 11.1 Å². The molecule has 1 atom stereocenters. The average molecular weight is 587 g/mol. The highest BCUT2D eigenvalue weighted by molar-refractivity contribution is 5.97. The summed E-state index contributed by atoms with van der Waals surface area (Å²) in [5, 5.41) is 2.86. The van der Waals surface area contributed by atoms with Crippen LogP contribution in [0.4, 0.5) is 15.0 Å². The first kappa shape index (κ1) is 29.1. The van der Waals surface area contributed by atoms with Crippen molar-refractivity contribution in [3.63, 3.8) is 0 Å². The zero-order valence-corrected chi connectivity index (χ0v) is 25.0. The first-order valence-corrected chi connectivity index (χ1v) is 15.2. The average Bonchev–Trinajstić information content (AvgIpc) is 3.47. The fraction of sp³-hybridized carbons (Fsp3) is 0.441. The molecule has 3 aliphatic rings. The number of ether oxygens (including phenoxy) is 2. The van der Waals surface area contributed by atoms with Gasteiger partial charge >= 0.3 is 6.09 Å². The van der Waals surface area contributed by atoms with E-state index in [0.717, 1.165) is 42.4 Å². The Labute approximate surface area is 251 Å². The summed E-state index contributed by atoms with van der Waals surface area (Å²) in [7, 11) is 0. The number of amides is 2. The van der Waals surface area contributed by atoms with Gasteiger partial charge in [0.2, 0.25) is 5.95 Å². The van der Waals surface area contributed by atoms with E-state index >= 15 is 4.39 Å². The lowest BCUT2D eigenvalue weighted by Gasteiger charge is -2.32. The molecule has 43 heavy (non-hydrogen) atoms. The highest BCUT2D eigenvalue weighted by Gasteiger charge is 2.36. The van der Waals surface area contributed by atoms with E-state index in [1.165, 1.54) is 5.56 Å². The van der Waals surface area contributed by atoms with E-state index < -0.39 is 11.5 Å². The fourth-order valence-corrected chi connectivity index (χ4v) is 6.57. The maximum Gasteiger partial charge on any atom is 0.410 e. The van der Waals surface area contributed by atoms with Gasteiger partial charge in [0.15, 0.2) is 0 Å². The summed E-state index contributed by atoms with van der Waals surface area (Å²) in [5.41, 5.74) is 11.8. The molecule has 0 radical (unpaired) electrons. The van der Waals surface area contributed by atoms with Crippen LogP contribution in [0.5, 0.6) is 0 Å². The molecule has 3 aliphatic heterocycles. The quantitative estimate of drug-likeness (QED) is 0.343. The van der Waals surface area contributed by atoms with Gasteiger partial charge in [-0.25, -0.2) is 9.78 Å². The number of carbonyl (C=O) groups excluding carboxylic acids is 2. The Balaban J connectivity index is 1.42.